The quantitative estimate of drug-likeness (QED) is 0.808. The summed E-state index contributed by atoms with van der Waals surface area (Å²) in [5.74, 6) is -1.59. The maximum Gasteiger partial charge on any atom is 0.407 e. The molecule has 0 aliphatic carbocycles. The Hall–Kier alpha value is -2.45. The van der Waals surface area contributed by atoms with Crippen molar-refractivity contribution >= 4 is 17.9 Å². The summed E-state index contributed by atoms with van der Waals surface area (Å²) in [6.07, 6.45) is -0.334. The fourth-order valence-corrected chi connectivity index (χ4v) is 3.83. The topological polar surface area (TPSA) is 96.4 Å². The first-order chi connectivity index (χ1) is 12.0. The third-order valence-electron chi connectivity index (χ3n) is 5.05. The first-order valence-corrected chi connectivity index (χ1v) is 8.23. The molecule has 8 heteroatoms. The van der Waals surface area contributed by atoms with Crippen LogP contribution in [0.4, 0.5) is 4.79 Å². The van der Waals surface area contributed by atoms with Crippen molar-refractivity contribution in [1.82, 2.24) is 9.80 Å². The summed E-state index contributed by atoms with van der Waals surface area (Å²) in [6, 6.07) is 6.05. The average molecular weight is 346 g/mol. The molecule has 0 saturated carbocycles. The third-order valence-corrected chi connectivity index (χ3v) is 5.05. The van der Waals surface area contributed by atoms with Gasteiger partial charge in [-0.15, -0.1) is 0 Å². The Balaban J connectivity index is 1.58. The molecule has 3 aliphatic heterocycles. The Bertz CT molecular complexity index is 707. The Morgan fingerprint density at radius 1 is 1.16 bits per heavy atom. The van der Waals surface area contributed by atoms with E-state index in [1.807, 2.05) is 0 Å². The van der Waals surface area contributed by atoms with Crippen LogP contribution in [0.15, 0.2) is 24.3 Å². The number of likely N-dealkylation sites (tertiary alicyclic amines) is 1. The monoisotopic (exact) mass is 346 g/mol. The second-order valence-corrected chi connectivity index (χ2v) is 6.46. The zero-order valence-corrected chi connectivity index (χ0v) is 13.5. The number of piperidine rings is 1. The maximum absolute atomic E-state index is 12.5. The molecular formula is C17H18N2O6. The summed E-state index contributed by atoms with van der Waals surface area (Å²) in [5, 5.41) is 9.48. The van der Waals surface area contributed by atoms with Crippen LogP contribution in [0.3, 0.4) is 0 Å². The number of benzene rings is 1. The van der Waals surface area contributed by atoms with Crippen molar-refractivity contribution in [2.45, 2.75) is 24.7 Å². The third kappa shape index (κ3) is 2.58. The van der Waals surface area contributed by atoms with E-state index < -0.39 is 17.9 Å². The summed E-state index contributed by atoms with van der Waals surface area (Å²) in [4.78, 5) is 39.1. The van der Waals surface area contributed by atoms with Gasteiger partial charge >= 0.3 is 6.09 Å². The number of carbonyl (C=O) groups excluding carboxylic acids is 2. The molecular weight excluding hydrogens is 328 g/mol. The highest BCUT2D eigenvalue weighted by molar-refractivity contribution is 6.21. The zero-order chi connectivity index (χ0) is 17.6. The molecule has 4 rings (SSSR count). The predicted octanol–water partition coefficient (Wildman–Crippen LogP) is 1.17. The van der Waals surface area contributed by atoms with Crippen LogP contribution in [0, 0.1) is 0 Å². The van der Waals surface area contributed by atoms with Crippen molar-refractivity contribution in [3.05, 3.63) is 35.4 Å². The Morgan fingerprint density at radius 2 is 1.76 bits per heavy atom. The Morgan fingerprint density at radius 3 is 2.32 bits per heavy atom. The molecule has 132 valence electrons. The van der Waals surface area contributed by atoms with E-state index in [0.717, 1.165) is 4.90 Å². The van der Waals surface area contributed by atoms with Gasteiger partial charge in [0.1, 0.15) is 0 Å². The van der Waals surface area contributed by atoms with Crippen LogP contribution in [0.25, 0.3) is 0 Å². The molecule has 0 radical (unpaired) electrons. The number of hydrogen-bond acceptors (Lipinski definition) is 5. The highest BCUT2D eigenvalue weighted by atomic mass is 16.7. The molecule has 1 N–H and O–H groups in total. The van der Waals surface area contributed by atoms with Gasteiger partial charge in [-0.25, -0.2) is 4.79 Å². The van der Waals surface area contributed by atoms with Crippen molar-refractivity contribution in [3.63, 3.8) is 0 Å². The lowest BCUT2D eigenvalue weighted by molar-refractivity contribution is -0.193. The number of carbonyl (C=O) groups is 3. The van der Waals surface area contributed by atoms with Crippen LogP contribution in [0.1, 0.15) is 33.6 Å². The SMILES string of the molecule is O=C1c2ccccc2C(=O)N1CC1CC2(CCN1C(=O)O)OCCO2. The van der Waals surface area contributed by atoms with Crippen molar-refractivity contribution < 1.29 is 29.0 Å². The summed E-state index contributed by atoms with van der Waals surface area (Å²) in [6.45, 7) is 1.16. The lowest BCUT2D eigenvalue weighted by Crippen LogP contribution is -2.57. The van der Waals surface area contributed by atoms with Crippen LogP contribution in [-0.4, -0.2) is 70.9 Å². The van der Waals surface area contributed by atoms with Gasteiger partial charge < -0.3 is 19.5 Å². The minimum atomic E-state index is -1.07. The molecule has 25 heavy (non-hydrogen) atoms. The minimum absolute atomic E-state index is 0.00683. The van der Waals surface area contributed by atoms with Crippen molar-refractivity contribution in [1.29, 1.82) is 0 Å². The number of nitrogens with zero attached hydrogens (tertiary/aromatic N) is 2. The minimum Gasteiger partial charge on any atom is -0.465 e. The molecule has 0 aromatic heterocycles. The second-order valence-electron chi connectivity index (χ2n) is 6.46. The highest BCUT2D eigenvalue weighted by Gasteiger charge is 2.48. The predicted molar refractivity (Wildman–Crippen MR) is 84.2 cm³/mol. The van der Waals surface area contributed by atoms with Crippen LogP contribution >= 0.6 is 0 Å². The first kappa shape index (κ1) is 16.0. The number of rotatable bonds is 2. The molecule has 8 nitrogen and oxygen atoms in total. The van der Waals surface area contributed by atoms with Crippen LogP contribution in [-0.2, 0) is 9.47 Å². The molecule has 1 spiro atoms. The van der Waals surface area contributed by atoms with Gasteiger partial charge in [-0.1, -0.05) is 12.1 Å². The van der Waals surface area contributed by atoms with E-state index >= 15 is 0 Å². The van der Waals surface area contributed by atoms with E-state index in [4.69, 9.17) is 9.47 Å². The number of ether oxygens (including phenoxy) is 2. The number of fused-ring (bicyclic) bond motifs is 1. The Labute approximate surface area is 143 Å². The summed E-state index contributed by atoms with van der Waals surface area (Å²) in [7, 11) is 0. The van der Waals surface area contributed by atoms with Gasteiger partial charge in [0, 0.05) is 19.4 Å². The van der Waals surface area contributed by atoms with Crippen LogP contribution in [0.2, 0.25) is 0 Å². The largest absolute Gasteiger partial charge is 0.465 e. The van der Waals surface area contributed by atoms with Crippen LogP contribution in [0.5, 0.6) is 0 Å². The average Bonchev–Trinajstić information content (AvgIpc) is 3.14. The van der Waals surface area contributed by atoms with Crippen molar-refractivity contribution in [2.24, 2.45) is 0 Å². The molecule has 2 saturated heterocycles. The van der Waals surface area contributed by atoms with E-state index in [-0.39, 0.29) is 24.9 Å². The molecule has 1 atom stereocenters. The van der Waals surface area contributed by atoms with Gasteiger partial charge in [0.15, 0.2) is 5.79 Å². The number of imide groups is 1. The molecule has 1 aromatic carbocycles. The van der Waals surface area contributed by atoms with Crippen molar-refractivity contribution in [2.75, 3.05) is 26.3 Å². The van der Waals surface area contributed by atoms with E-state index in [0.29, 0.717) is 37.2 Å². The molecule has 2 fully saturated rings. The number of carboxylic acid groups (broad SMARTS) is 1. The Kier molecular flexibility index (Phi) is 3.73. The van der Waals surface area contributed by atoms with E-state index in [1.165, 1.54) is 4.90 Å². The van der Waals surface area contributed by atoms with Gasteiger partial charge in [-0.05, 0) is 12.1 Å². The van der Waals surface area contributed by atoms with Gasteiger partial charge in [0.05, 0.1) is 36.9 Å². The summed E-state index contributed by atoms with van der Waals surface area (Å²) >= 11 is 0. The fourth-order valence-electron chi connectivity index (χ4n) is 3.83. The fraction of sp³-hybridized carbons (Fsp3) is 0.471. The standard InChI is InChI=1S/C17H18N2O6/c20-14-12-3-1-2-4-13(12)15(21)19(14)10-11-9-17(24-7-8-25-17)5-6-18(11)16(22)23/h1-4,11H,5-10H2,(H,22,23). The first-order valence-electron chi connectivity index (χ1n) is 8.23. The molecule has 0 bridgehead atoms. The van der Waals surface area contributed by atoms with Gasteiger partial charge in [0.2, 0.25) is 0 Å². The van der Waals surface area contributed by atoms with Gasteiger partial charge in [-0.2, -0.15) is 0 Å². The zero-order valence-electron chi connectivity index (χ0n) is 13.5. The smallest absolute Gasteiger partial charge is 0.407 e. The lowest BCUT2D eigenvalue weighted by Gasteiger charge is -2.43. The summed E-state index contributed by atoms with van der Waals surface area (Å²) in [5.41, 5.74) is 0.710. The molecule has 1 unspecified atom stereocenters. The van der Waals surface area contributed by atoms with E-state index in [9.17, 15) is 19.5 Å². The molecule has 1 aromatic rings. The van der Waals surface area contributed by atoms with Crippen molar-refractivity contribution in [3.8, 4) is 0 Å². The second kappa shape index (κ2) is 5.82. The van der Waals surface area contributed by atoms with E-state index in [2.05, 4.69) is 0 Å². The lowest BCUT2D eigenvalue weighted by atomic mass is 9.95. The highest BCUT2D eigenvalue weighted by Crippen LogP contribution is 2.35. The molecule has 3 heterocycles. The molecule has 3 amide bonds. The normalized spacial score (nSPS) is 24.9. The maximum atomic E-state index is 12.5. The summed E-state index contributed by atoms with van der Waals surface area (Å²) < 4.78 is 11.4. The number of amides is 3. The van der Waals surface area contributed by atoms with Gasteiger partial charge in [0.25, 0.3) is 11.8 Å². The number of hydrogen-bond donors (Lipinski definition) is 1. The molecule has 3 aliphatic rings. The van der Waals surface area contributed by atoms with Crippen LogP contribution < -0.4 is 0 Å². The van der Waals surface area contributed by atoms with E-state index in [1.54, 1.807) is 24.3 Å². The van der Waals surface area contributed by atoms with Gasteiger partial charge in [-0.3, -0.25) is 14.5 Å².